The van der Waals surface area contributed by atoms with Crippen LogP contribution in [-0.4, -0.2) is 47.0 Å². The first kappa shape index (κ1) is 15.9. The minimum absolute atomic E-state index is 0.203. The second-order valence-corrected chi connectivity index (χ2v) is 6.76. The molecule has 25 heavy (non-hydrogen) atoms. The van der Waals surface area contributed by atoms with E-state index in [-0.39, 0.29) is 17.3 Å². The van der Waals surface area contributed by atoms with Crippen molar-refractivity contribution in [2.75, 3.05) is 37.4 Å². The molecule has 2 saturated heterocycles. The number of nitrogens with two attached hydrogens (primary N) is 1. The highest BCUT2D eigenvalue weighted by Gasteiger charge is 2.42. The van der Waals surface area contributed by atoms with E-state index in [0.717, 1.165) is 26.1 Å². The van der Waals surface area contributed by atoms with Gasteiger partial charge in [-0.15, -0.1) is 5.10 Å². The van der Waals surface area contributed by atoms with Crippen LogP contribution in [0.5, 0.6) is 0 Å². The van der Waals surface area contributed by atoms with E-state index in [9.17, 15) is 9.18 Å². The van der Waals surface area contributed by atoms with Gasteiger partial charge in [-0.2, -0.15) is 0 Å². The van der Waals surface area contributed by atoms with Crippen molar-refractivity contribution < 1.29 is 13.9 Å². The summed E-state index contributed by atoms with van der Waals surface area (Å²) < 4.78 is 19.8. The molecule has 8 heteroatoms. The van der Waals surface area contributed by atoms with Crippen LogP contribution in [0.15, 0.2) is 30.5 Å². The van der Waals surface area contributed by atoms with E-state index < -0.39 is 0 Å². The van der Waals surface area contributed by atoms with Crippen molar-refractivity contribution in [3.8, 4) is 5.69 Å². The predicted molar refractivity (Wildman–Crippen MR) is 91.0 cm³/mol. The van der Waals surface area contributed by atoms with E-state index in [0.29, 0.717) is 30.3 Å². The summed E-state index contributed by atoms with van der Waals surface area (Å²) >= 11 is 0. The lowest BCUT2D eigenvalue weighted by atomic mass is 9.77. The molecule has 132 valence electrons. The summed E-state index contributed by atoms with van der Waals surface area (Å²) in [5.74, 6) is -0.0151. The summed E-state index contributed by atoms with van der Waals surface area (Å²) in [7, 11) is 0. The first-order valence-corrected chi connectivity index (χ1v) is 8.29. The number of aromatic nitrogens is 2. The van der Waals surface area contributed by atoms with Gasteiger partial charge >= 0.3 is 6.03 Å². The predicted octanol–water partition coefficient (Wildman–Crippen LogP) is 2.24. The molecule has 1 spiro atoms. The van der Waals surface area contributed by atoms with Crippen LogP contribution in [0.3, 0.4) is 0 Å². The van der Waals surface area contributed by atoms with Gasteiger partial charge in [-0.1, -0.05) is 0 Å². The average molecular weight is 345 g/mol. The topological polar surface area (TPSA) is 85.4 Å². The van der Waals surface area contributed by atoms with Gasteiger partial charge in [-0.3, -0.25) is 5.32 Å². The highest BCUT2D eigenvalue weighted by molar-refractivity contribution is 5.91. The van der Waals surface area contributed by atoms with E-state index in [4.69, 9.17) is 10.5 Å². The third-order valence-corrected chi connectivity index (χ3v) is 4.99. The van der Waals surface area contributed by atoms with Crippen LogP contribution < -0.4 is 11.1 Å². The molecule has 0 bridgehead atoms. The highest BCUT2D eigenvalue weighted by Crippen LogP contribution is 2.38. The highest BCUT2D eigenvalue weighted by atomic mass is 19.1. The third-order valence-electron chi connectivity index (χ3n) is 4.99. The van der Waals surface area contributed by atoms with Crippen molar-refractivity contribution in [1.82, 2.24) is 14.7 Å². The van der Waals surface area contributed by atoms with Crippen molar-refractivity contribution in [3.63, 3.8) is 0 Å². The van der Waals surface area contributed by atoms with Crippen LogP contribution >= 0.6 is 0 Å². The summed E-state index contributed by atoms with van der Waals surface area (Å²) in [6.45, 7) is 3.01. The first-order chi connectivity index (χ1) is 12.0. The number of nitrogen functional groups attached to an aromatic ring is 1. The summed E-state index contributed by atoms with van der Waals surface area (Å²) in [5, 5.41) is 7.06. The molecule has 7 nitrogen and oxygen atoms in total. The summed E-state index contributed by atoms with van der Waals surface area (Å²) in [4.78, 5) is 14.2. The number of carbonyl (C=O) groups is 1. The van der Waals surface area contributed by atoms with E-state index in [1.165, 1.54) is 16.8 Å². The molecule has 3 heterocycles. The Kier molecular flexibility index (Phi) is 3.84. The molecule has 0 atom stereocenters. The number of hydrogen-bond donors (Lipinski definition) is 2. The van der Waals surface area contributed by atoms with Gasteiger partial charge in [-0.25, -0.2) is 13.9 Å². The van der Waals surface area contributed by atoms with Crippen molar-refractivity contribution in [1.29, 1.82) is 0 Å². The minimum atomic E-state index is -0.322. The number of halogens is 1. The molecule has 2 aliphatic rings. The largest absolute Gasteiger partial charge is 0.394 e. The van der Waals surface area contributed by atoms with Crippen molar-refractivity contribution in [2.45, 2.75) is 12.8 Å². The number of nitrogens with one attached hydrogen (secondary N) is 1. The zero-order valence-corrected chi connectivity index (χ0v) is 13.7. The molecular formula is C17H20FN5O2. The number of rotatable bonds is 2. The van der Waals surface area contributed by atoms with Crippen molar-refractivity contribution in [2.24, 2.45) is 5.41 Å². The van der Waals surface area contributed by atoms with E-state index in [2.05, 4.69) is 10.4 Å². The Bertz CT molecular complexity index is 775. The Balaban J connectivity index is 1.42. The number of carbonyl (C=O) groups excluding carboxylic acids is 1. The molecular weight excluding hydrogens is 325 g/mol. The first-order valence-electron chi connectivity index (χ1n) is 8.29. The van der Waals surface area contributed by atoms with Crippen molar-refractivity contribution >= 4 is 17.5 Å². The molecule has 0 saturated carbocycles. The lowest BCUT2D eigenvalue weighted by molar-refractivity contribution is -0.135. The molecule has 0 radical (unpaired) electrons. The number of likely N-dealkylation sites (tertiary alicyclic amines) is 1. The molecule has 2 aromatic rings. The maximum atomic E-state index is 13.0. The molecule has 0 aliphatic carbocycles. The van der Waals surface area contributed by atoms with Gasteiger partial charge in [0.1, 0.15) is 5.82 Å². The third kappa shape index (κ3) is 3.05. The zero-order valence-electron chi connectivity index (χ0n) is 13.7. The Morgan fingerprint density at radius 1 is 1.24 bits per heavy atom. The van der Waals surface area contributed by atoms with Gasteiger partial charge < -0.3 is 15.4 Å². The molecule has 3 N–H and O–H groups in total. The number of piperidine rings is 1. The SMILES string of the molecule is Nc1cn(-c2ccc(F)cc2)nc1NC(=O)N1CCC2(CC1)COC2. The number of benzene rings is 1. The Labute approximate surface area is 144 Å². The molecule has 1 aromatic carbocycles. The summed E-state index contributed by atoms with van der Waals surface area (Å²) in [6, 6.07) is 5.68. The van der Waals surface area contributed by atoms with E-state index in [1.54, 1.807) is 23.2 Å². The van der Waals surface area contributed by atoms with Gasteiger partial charge in [0.15, 0.2) is 5.82 Å². The second-order valence-electron chi connectivity index (χ2n) is 6.76. The molecule has 0 unspecified atom stereocenters. The van der Waals surface area contributed by atoms with Gasteiger partial charge in [0.05, 0.1) is 30.8 Å². The fraction of sp³-hybridized carbons (Fsp3) is 0.412. The molecule has 2 fully saturated rings. The summed E-state index contributed by atoms with van der Waals surface area (Å²) in [6.07, 6.45) is 3.51. The number of anilines is 2. The summed E-state index contributed by atoms with van der Waals surface area (Å²) in [5.41, 5.74) is 7.26. The zero-order chi connectivity index (χ0) is 17.4. The Hall–Kier alpha value is -2.61. The fourth-order valence-corrected chi connectivity index (χ4v) is 3.25. The molecule has 1 aromatic heterocycles. The van der Waals surface area contributed by atoms with Crippen LogP contribution in [0.2, 0.25) is 0 Å². The second kappa shape index (κ2) is 6.03. The number of nitrogens with zero attached hydrogens (tertiary/aromatic N) is 3. The van der Waals surface area contributed by atoms with Crippen LogP contribution in [0, 0.1) is 11.2 Å². The smallest absolute Gasteiger partial charge is 0.323 e. The van der Waals surface area contributed by atoms with Crippen molar-refractivity contribution in [3.05, 3.63) is 36.3 Å². The number of ether oxygens (including phenoxy) is 1. The van der Waals surface area contributed by atoms with Crippen LogP contribution in [0.1, 0.15) is 12.8 Å². The number of amides is 2. The molecule has 2 aliphatic heterocycles. The maximum Gasteiger partial charge on any atom is 0.323 e. The fourth-order valence-electron chi connectivity index (χ4n) is 3.25. The lowest BCUT2D eigenvalue weighted by Gasteiger charge is -2.47. The monoisotopic (exact) mass is 345 g/mol. The van der Waals surface area contributed by atoms with E-state index in [1.807, 2.05) is 0 Å². The van der Waals surface area contributed by atoms with Gasteiger partial charge in [0.25, 0.3) is 0 Å². The van der Waals surface area contributed by atoms with Gasteiger partial charge in [-0.05, 0) is 37.1 Å². The van der Waals surface area contributed by atoms with Gasteiger partial charge in [0, 0.05) is 18.5 Å². The minimum Gasteiger partial charge on any atom is -0.394 e. The Morgan fingerprint density at radius 3 is 2.52 bits per heavy atom. The van der Waals surface area contributed by atoms with Gasteiger partial charge in [0.2, 0.25) is 0 Å². The van der Waals surface area contributed by atoms with Crippen LogP contribution in [0.25, 0.3) is 5.69 Å². The number of hydrogen-bond acceptors (Lipinski definition) is 4. The quantitative estimate of drug-likeness (QED) is 0.874. The van der Waals surface area contributed by atoms with Crippen LogP contribution in [0.4, 0.5) is 20.7 Å². The normalized spacial score (nSPS) is 18.8. The average Bonchev–Trinajstić information content (AvgIpc) is 2.95. The molecule has 2 amide bonds. The standard InChI is InChI=1S/C17H20FN5O2/c18-12-1-3-13(4-2-12)23-9-14(19)15(21-23)20-16(24)22-7-5-17(6-8-22)10-25-11-17/h1-4,9H,5-8,10-11,19H2,(H,20,21,24). The number of urea groups is 1. The Morgan fingerprint density at radius 2 is 1.92 bits per heavy atom. The molecule has 4 rings (SSSR count). The van der Waals surface area contributed by atoms with Crippen LogP contribution in [-0.2, 0) is 4.74 Å². The van der Waals surface area contributed by atoms with E-state index >= 15 is 0 Å². The maximum absolute atomic E-state index is 13.0. The lowest BCUT2D eigenvalue weighted by Crippen LogP contribution is -2.52.